The number of carbonyl (C=O) groups excluding carboxylic acids is 1. The molecule has 5 nitrogen and oxygen atoms in total. The Kier molecular flexibility index (Phi) is 6.38. The highest BCUT2D eigenvalue weighted by Gasteiger charge is 2.22. The molecule has 0 bridgehead atoms. The molecule has 2 rings (SSSR count). The van der Waals surface area contributed by atoms with E-state index in [9.17, 15) is 4.79 Å². The number of aliphatic hydroxyl groups excluding tert-OH is 1. The molecule has 1 amide bonds. The Hall–Kier alpha value is -1.90. The minimum Gasteiger partial charge on any atom is -0.396 e. The highest BCUT2D eigenvalue weighted by molar-refractivity contribution is 5.92. The van der Waals surface area contributed by atoms with Crippen molar-refractivity contribution in [2.75, 3.05) is 25.0 Å². The van der Waals surface area contributed by atoms with Crippen LogP contribution in [0.15, 0.2) is 24.3 Å². The van der Waals surface area contributed by atoms with Crippen LogP contribution in [0.5, 0.6) is 0 Å². The van der Waals surface area contributed by atoms with Gasteiger partial charge in [-0.1, -0.05) is 18.6 Å². The fraction of sp³-hybridized carbons (Fsp3) is 0.529. The average molecular weight is 301 g/mol. The zero-order valence-corrected chi connectivity index (χ0v) is 12.8. The van der Waals surface area contributed by atoms with E-state index in [0.717, 1.165) is 25.8 Å². The third-order valence-electron chi connectivity index (χ3n) is 4.16. The van der Waals surface area contributed by atoms with Gasteiger partial charge in [0.2, 0.25) is 5.91 Å². The van der Waals surface area contributed by atoms with Crippen molar-refractivity contribution in [3.8, 4) is 6.07 Å². The van der Waals surface area contributed by atoms with Gasteiger partial charge in [0.25, 0.3) is 0 Å². The van der Waals surface area contributed by atoms with E-state index in [2.05, 4.69) is 16.3 Å². The van der Waals surface area contributed by atoms with Gasteiger partial charge in [-0.15, -0.1) is 0 Å². The van der Waals surface area contributed by atoms with Crippen molar-refractivity contribution in [2.24, 2.45) is 0 Å². The van der Waals surface area contributed by atoms with E-state index < -0.39 is 0 Å². The maximum absolute atomic E-state index is 12.1. The molecule has 1 aliphatic heterocycles. The quantitative estimate of drug-likeness (QED) is 0.844. The Morgan fingerprint density at radius 3 is 3.00 bits per heavy atom. The molecule has 5 heteroatoms. The molecular formula is C17H23N3O2. The third kappa shape index (κ3) is 4.55. The number of aliphatic hydroxyl groups is 1. The van der Waals surface area contributed by atoms with E-state index in [4.69, 9.17) is 10.4 Å². The number of nitrogens with one attached hydrogen (secondary N) is 1. The molecule has 1 unspecified atom stereocenters. The lowest BCUT2D eigenvalue weighted by atomic mass is 9.99. The van der Waals surface area contributed by atoms with Crippen LogP contribution in [-0.4, -0.2) is 41.7 Å². The van der Waals surface area contributed by atoms with Crippen LogP contribution in [0, 0.1) is 11.3 Å². The van der Waals surface area contributed by atoms with Crippen LogP contribution in [0.3, 0.4) is 0 Å². The fourth-order valence-corrected chi connectivity index (χ4v) is 2.98. The summed E-state index contributed by atoms with van der Waals surface area (Å²) >= 11 is 0. The maximum atomic E-state index is 12.1. The summed E-state index contributed by atoms with van der Waals surface area (Å²) in [6.45, 7) is 1.89. The zero-order chi connectivity index (χ0) is 15.8. The number of amides is 1. The van der Waals surface area contributed by atoms with Crippen molar-refractivity contribution < 1.29 is 9.90 Å². The van der Waals surface area contributed by atoms with Gasteiger partial charge in [0.15, 0.2) is 0 Å². The minimum absolute atomic E-state index is 0.0731. The van der Waals surface area contributed by atoms with Crippen molar-refractivity contribution in [3.05, 3.63) is 29.8 Å². The van der Waals surface area contributed by atoms with Crippen molar-refractivity contribution in [2.45, 2.75) is 38.1 Å². The number of hydrogen-bond acceptors (Lipinski definition) is 4. The lowest BCUT2D eigenvalue weighted by Crippen LogP contribution is -2.41. The molecule has 1 aliphatic rings. The Bertz CT molecular complexity index is 537. The van der Waals surface area contributed by atoms with Crippen LogP contribution in [0.25, 0.3) is 0 Å². The summed E-state index contributed by atoms with van der Waals surface area (Å²) in [5, 5.41) is 21.0. The molecule has 1 saturated heterocycles. The standard InChI is InChI=1S/C17H23N3O2/c18-13-14-5-1-2-7-16(14)19-17(22)8-11-20-10-4-3-6-15(20)9-12-21/h1-2,5,7,15,21H,3-4,6,8-12H2,(H,19,22). The maximum Gasteiger partial charge on any atom is 0.225 e. The smallest absolute Gasteiger partial charge is 0.225 e. The van der Waals surface area contributed by atoms with Crippen LogP contribution < -0.4 is 5.32 Å². The summed E-state index contributed by atoms with van der Waals surface area (Å²) in [5.74, 6) is -0.0731. The first kappa shape index (κ1) is 16.5. The number of para-hydroxylation sites is 1. The number of benzene rings is 1. The molecule has 0 aliphatic carbocycles. The first-order valence-corrected chi connectivity index (χ1v) is 7.88. The van der Waals surface area contributed by atoms with Gasteiger partial charge in [-0.05, 0) is 37.9 Å². The van der Waals surface area contributed by atoms with Crippen LogP contribution in [-0.2, 0) is 4.79 Å². The second kappa shape index (κ2) is 8.52. The first-order chi connectivity index (χ1) is 10.7. The molecule has 1 aromatic rings. The molecule has 1 fully saturated rings. The average Bonchev–Trinajstić information content (AvgIpc) is 2.55. The summed E-state index contributed by atoms with van der Waals surface area (Å²) in [6, 6.07) is 9.48. The molecule has 0 radical (unpaired) electrons. The van der Waals surface area contributed by atoms with E-state index in [1.54, 1.807) is 24.3 Å². The van der Waals surface area contributed by atoms with Crippen molar-refractivity contribution >= 4 is 11.6 Å². The molecule has 118 valence electrons. The molecule has 2 N–H and O–H groups in total. The fourth-order valence-electron chi connectivity index (χ4n) is 2.98. The predicted octanol–water partition coefficient (Wildman–Crippen LogP) is 2.12. The van der Waals surface area contributed by atoms with Crippen molar-refractivity contribution in [3.63, 3.8) is 0 Å². The number of hydrogen-bond donors (Lipinski definition) is 2. The van der Waals surface area contributed by atoms with Gasteiger partial charge in [-0.3, -0.25) is 9.69 Å². The monoisotopic (exact) mass is 301 g/mol. The molecule has 1 aromatic carbocycles. The molecule has 0 saturated carbocycles. The minimum atomic E-state index is -0.0731. The van der Waals surface area contributed by atoms with Gasteiger partial charge in [0.1, 0.15) is 6.07 Å². The van der Waals surface area contributed by atoms with Gasteiger partial charge in [-0.2, -0.15) is 5.26 Å². The number of carbonyl (C=O) groups is 1. The van der Waals surface area contributed by atoms with Crippen LogP contribution in [0.1, 0.15) is 37.7 Å². The Labute approximate surface area is 131 Å². The third-order valence-corrected chi connectivity index (χ3v) is 4.16. The SMILES string of the molecule is N#Cc1ccccc1NC(=O)CCN1CCCCC1CCO. The second-order valence-electron chi connectivity index (χ2n) is 5.65. The zero-order valence-electron chi connectivity index (χ0n) is 12.8. The van der Waals surface area contributed by atoms with Crippen LogP contribution >= 0.6 is 0 Å². The first-order valence-electron chi connectivity index (χ1n) is 7.88. The van der Waals surface area contributed by atoms with Gasteiger partial charge in [-0.25, -0.2) is 0 Å². The number of likely N-dealkylation sites (tertiary alicyclic amines) is 1. The van der Waals surface area contributed by atoms with Crippen molar-refractivity contribution in [1.82, 2.24) is 4.90 Å². The molecular weight excluding hydrogens is 278 g/mol. The molecule has 1 atom stereocenters. The number of nitriles is 1. The topological polar surface area (TPSA) is 76.4 Å². The van der Waals surface area contributed by atoms with Gasteiger partial charge in [0.05, 0.1) is 11.3 Å². The van der Waals surface area contributed by atoms with Gasteiger partial charge >= 0.3 is 0 Å². The van der Waals surface area contributed by atoms with E-state index in [1.807, 2.05) is 0 Å². The summed E-state index contributed by atoms with van der Waals surface area (Å²) in [7, 11) is 0. The number of piperidine rings is 1. The normalized spacial score (nSPS) is 18.6. The summed E-state index contributed by atoms with van der Waals surface area (Å²) in [5.41, 5.74) is 1.05. The number of anilines is 1. The number of rotatable bonds is 6. The van der Waals surface area contributed by atoms with E-state index in [0.29, 0.717) is 30.3 Å². The van der Waals surface area contributed by atoms with E-state index in [1.165, 1.54) is 6.42 Å². The van der Waals surface area contributed by atoms with Gasteiger partial charge in [0, 0.05) is 25.6 Å². The number of nitrogens with zero attached hydrogens (tertiary/aromatic N) is 2. The second-order valence-corrected chi connectivity index (χ2v) is 5.65. The molecule has 0 spiro atoms. The molecule has 1 heterocycles. The lowest BCUT2D eigenvalue weighted by molar-refractivity contribution is -0.116. The molecule has 22 heavy (non-hydrogen) atoms. The van der Waals surface area contributed by atoms with Crippen molar-refractivity contribution in [1.29, 1.82) is 5.26 Å². The predicted molar refractivity (Wildman–Crippen MR) is 85.3 cm³/mol. The highest BCUT2D eigenvalue weighted by atomic mass is 16.3. The van der Waals surface area contributed by atoms with Gasteiger partial charge < -0.3 is 10.4 Å². The highest BCUT2D eigenvalue weighted by Crippen LogP contribution is 2.20. The Morgan fingerprint density at radius 2 is 2.23 bits per heavy atom. The summed E-state index contributed by atoms with van der Waals surface area (Å²) in [6.07, 6.45) is 4.63. The Morgan fingerprint density at radius 1 is 1.41 bits per heavy atom. The molecule has 0 aromatic heterocycles. The summed E-state index contributed by atoms with van der Waals surface area (Å²) in [4.78, 5) is 14.4. The van der Waals surface area contributed by atoms with E-state index in [-0.39, 0.29) is 12.5 Å². The largest absolute Gasteiger partial charge is 0.396 e. The summed E-state index contributed by atoms with van der Waals surface area (Å²) < 4.78 is 0. The Balaban J connectivity index is 1.85. The van der Waals surface area contributed by atoms with E-state index >= 15 is 0 Å². The van der Waals surface area contributed by atoms with Crippen LogP contribution in [0.4, 0.5) is 5.69 Å². The van der Waals surface area contributed by atoms with Crippen LogP contribution in [0.2, 0.25) is 0 Å². The lowest BCUT2D eigenvalue weighted by Gasteiger charge is -2.35.